The molecule has 0 amide bonds. The van der Waals surface area contributed by atoms with Crippen LogP contribution in [0, 0.1) is 0 Å². The average molecular weight is 361 g/mol. The summed E-state index contributed by atoms with van der Waals surface area (Å²) in [5, 5.41) is 18.1. The van der Waals surface area contributed by atoms with Crippen LogP contribution in [-0.2, 0) is 27.5 Å². The Morgan fingerprint density at radius 2 is 1.54 bits per heavy atom. The first-order chi connectivity index (χ1) is 12.5. The number of benzene rings is 2. The van der Waals surface area contributed by atoms with Gasteiger partial charge in [0.1, 0.15) is 12.4 Å². The molecule has 0 bridgehead atoms. The van der Waals surface area contributed by atoms with Gasteiger partial charge in [-0.2, -0.15) is 0 Å². The van der Waals surface area contributed by atoms with Gasteiger partial charge in [0.25, 0.3) is 0 Å². The third-order valence-electron chi connectivity index (χ3n) is 3.17. The molecule has 0 aliphatic rings. The molecule has 0 radical (unpaired) electrons. The summed E-state index contributed by atoms with van der Waals surface area (Å²) in [7, 11) is 1.71. The van der Waals surface area contributed by atoms with Gasteiger partial charge in [0.05, 0.1) is 6.61 Å². The van der Waals surface area contributed by atoms with Crippen molar-refractivity contribution in [1.29, 1.82) is 0 Å². The Hall–Kier alpha value is -2.90. The highest BCUT2D eigenvalue weighted by molar-refractivity contribution is 6.27. The van der Waals surface area contributed by atoms with E-state index in [1.54, 1.807) is 7.11 Å². The largest absolute Gasteiger partial charge is 0.489 e. The zero-order valence-corrected chi connectivity index (χ0v) is 14.6. The van der Waals surface area contributed by atoms with Gasteiger partial charge in [-0.15, -0.1) is 0 Å². The molecule has 0 unspecified atom stereocenters. The van der Waals surface area contributed by atoms with E-state index in [1.165, 1.54) is 11.1 Å². The van der Waals surface area contributed by atoms with E-state index in [9.17, 15) is 0 Å². The van der Waals surface area contributed by atoms with Crippen LogP contribution in [-0.4, -0.2) is 42.4 Å². The molecule has 0 aliphatic carbocycles. The van der Waals surface area contributed by atoms with Gasteiger partial charge in [-0.1, -0.05) is 42.5 Å². The molecule has 0 heterocycles. The Balaban J connectivity index is 0.000000487. The maximum absolute atomic E-state index is 9.10. The minimum atomic E-state index is -1.82. The van der Waals surface area contributed by atoms with Crippen LogP contribution in [0.2, 0.25) is 0 Å². The fourth-order valence-corrected chi connectivity index (χ4v) is 1.85. The number of carboxylic acid groups (broad SMARTS) is 2. The first-order valence-corrected chi connectivity index (χ1v) is 7.94. The molecule has 2 aromatic rings. The second-order valence-corrected chi connectivity index (χ2v) is 5.20. The molecule has 0 saturated heterocycles. The van der Waals surface area contributed by atoms with Crippen LogP contribution < -0.4 is 10.1 Å². The predicted octanol–water partition coefficient (Wildman–Crippen LogP) is 2.16. The maximum atomic E-state index is 9.10. The molecule has 0 aliphatic heterocycles. The van der Waals surface area contributed by atoms with E-state index in [-0.39, 0.29) is 0 Å². The second-order valence-electron chi connectivity index (χ2n) is 5.20. The minimum absolute atomic E-state index is 0.603. The summed E-state index contributed by atoms with van der Waals surface area (Å²) in [5.74, 6) is -2.75. The standard InChI is InChI=1S/C17H21NO2.C2H2O4/c1-19-12-11-18-13-15-7-9-17(10-8-15)20-14-16-5-3-2-4-6-16;3-1(4)2(5)6/h2-10,18H,11-14H2,1H3;(H,3,4)(H,5,6). The van der Waals surface area contributed by atoms with Gasteiger partial charge in [-0.05, 0) is 23.3 Å². The lowest BCUT2D eigenvalue weighted by atomic mass is 10.2. The molecule has 26 heavy (non-hydrogen) atoms. The van der Waals surface area contributed by atoms with Crippen LogP contribution in [0.15, 0.2) is 54.6 Å². The number of carboxylic acids is 2. The molecule has 0 fully saturated rings. The molecule has 0 saturated carbocycles. The second kappa shape index (κ2) is 12.5. The highest BCUT2D eigenvalue weighted by atomic mass is 16.5. The molecule has 0 spiro atoms. The van der Waals surface area contributed by atoms with E-state index >= 15 is 0 Å². The topological polar surface area (TPSA) is 105 Å². The van der Waals surface area contributed by atoms with Crippen LogP contribution in [0.25, 0.3) is 0 Å². The van der Waals surface area contributed by atoms with E-state index in [2.05, 4.69) is 29.6 Å². The van der Waals surface area contributed by atoms with Crippen molar-refractivity contribution < 1.29 is 29.3 Å². The molecule has 0 atom stereocenters. The fraction of sp³-hybridized carbons (Fsp3) is 0.263. The van der Waals surface area contributed by atoms with Crippen molar-refractivity contribution in [2.45, 2.75) is 13.2 Å². The van der Waals surface area contributed by atoms with E-state index in [0.717, 1.165) is 25.4 Å². The van der Waals surface area contributed by atoms with Gasteiger partial charge in [0.15, 0.2) is 0 Å². The third-order valence-corrected chi connectivity index (χ3v) is 3.17. The van der Waals surface area contributed by atoms with E-state index in [0.29, 0.717) is 6.61 Å². The Morgan fingerprint density at radius 3 is 2.08 bits per heavy atom. The van der Waals surface area contributed by atoms with Crippen LogP contribution in [0.1, 0.15) is 11.1 Å². The van der Waals surface area contributed by atoms with Crippen LogP contribution in [0.3, 0.4) is 0 Å². The highest BCUT2D eigenvalue weighted by Gasteiger charge is 2.04. The molecule has 7 nitrogen and oxygen atoms in total. The Labute approximate surface area is 152 Å². The summed E-state index contributed by atoms with van der Waals surface area (Å²) >= 11 is 0. The normalized spacial score (nSPS) is 9.73. The number of aliphatic carboxylic acids is 2. The van der Waals surface area contributed by atoms with Crippen molar-refractivity contribution in [3.63, 3.8) is 0 Å². The zero-order chi connectivity index (χ0) is 19.2. The van der Waals surface area contributed by atoms with E-state index in [1.807, 2.05) is 30.3 Å². The predicted molar refractivity (Wildman–Crippen MR) is 96.1 cm³/mol. The van der Waals surface area contributed by atoms with Crippen molar-refractivity contribution in [1.82, 2.24) is 5.32 Å². The quantitative estimate of drug-likeness (QED) is 0.489. The Bertz CT molecular complexity index is 645. The molecule has 3 N–H and O–H groups in total. The van der Waals surface area contributed by atoms with Crippen molar-refractivity contribution in [2.24, 2.45) is 0 Å². The van der Waals surface area contributed by atoms with E-state index < -0.39 is 11.9 Å². The van der Waals surface area contributed by atoms with Crippen LogP contribution in [0.5, 0.6) is 5.75 Å². The summed E-state index contributed by atoms with van der Waals surface area (Å²) in [6.45, 7) is 3.05. The summed E-state index contributed by atoms with van der Waals surface area (Å²) in [5.41, 5.74) is 2.42. The summed E-state index contributed by atoms with van der Waals surface area (Å²) in [6, 6.07) is 18.4. The van der Waals surface area contributed by atoms with Crippen molar-refractivity contribution in [2.75, 3.05) is 20.3 Å². The Morgan fingerprint density at radius 1 is 0.923 bits per heavy atom. The number of methoxy groups -OCH3 is 1. The van der Waals surface area contributed by atoms with Gasteiger partial charge >= 0.3 is 11.9 Å². The minimum Gasteiger partial charge on any atom is -0.489 e. The fourth-order valence-electron chi connectivity index (χ4n) is 1.85. The highest BCUT2D eigenvalue weighted by Crippen LogP contribution is 2.14. The molecule has 7 heteroatoms. The smallest absolute Gasteiger partial charge is 0.414 e. The van der Waals surface area contributed by atoms with Crippen LogP contribution >= 0.6 is 0 Å². The monoisotopic (exact) mass is 361 g/mol. The molecule has 2 rings (SSSR count). The molecule has 0 aromatic heterocycles. The summed E-state index contributed by atoms with van der Waals surface area (Å²) in [4.78, 5) is 18.2. The van der Waals surface area contributed by atoms with Gasteiger partial charge in [0.2, 0.25) is 0 Å². The van der Waals surface area contributed by atoms with Gasteiger partial charge < -0.3 is 25.0 Å². The molecule has 2 aromatic carbocycles. The molecular weight excluding hydrogens is 338 g/mol. The first-order valence-electron chi connectivity index (χ1n) is 7.94. The molecular formula is C19H23NO6. The lowest BCUT2D eigenvalue weighted by molar-refractivity contribution is -0.159. The van der Waals surface area contributed by atoms with Gasteiger partial charge in [-0.3, -0.25) is 0 Å². The van der Waals surface area contributed by atoms with Crippen molar-refractivity contribution in [3.8, 4) is 5.75 Å². The number of hydrogen-bond donors (Lipinski definition) is 3. The summed E-state index contributed by atoms with van der Waals surface area (Å²) in [6.07, 6.45) is 0. The lowest BCUT2D eigenvalue weighted by Crippen LogP contribution is -2.18. The maximum Gasteiger partial charge on any atom is 0.414 e. The van der Waals surface area contributed by atoms with Gasteiger partial charge in [-0.25, -0.2) is 9.59 Å². The number of carbonyl (C=O) groups is 2. The zero-order valence-electron chi connectivity index (χ0n) is 14.6. The number of nitrogens with one attached hydrogen (secondary N) is 1. The van der Waals surface area contributed by atoms with Crippen molar-refractivity contribution in [3.05, 3.63) is 65.7 Å². The SMILES string of the molecule is COCCNCc1ccc(OCc2ccccc2)cc1.O=C(O)C(=O)O. The lowest BCUT2D eigenvalue weighted by Gasteiger charge is -2.08. The average Bonchev–Trinajstić information content (AvgIpc) is 2.66. The first kappa shape index (κ1) is 21.1. The summed E-state index contributed by atoms with van der Waals surface area (Å²) < 4.78 is 10.7. The number of ether oxygens (including phenoxy) is 2. The van der Waals surface area contributed by atoms with Crippen molar-refractivity contribution >= 4 is 11.9 Å². The molecule has 140 valence electrons. The number of rotatable bonds is 8. The Kier molecular flexibility index (Phi) is 10.1. The third kappa shape index (κ3) is 9.41. The number of hydrogen-bond acceptors (Lipinski definition) is 5. The van der Waals surface area contributed by atoms with Gasteiger partial charge in [0, 0.05) is 20.2 Å². The van der Waals surface area contributed by atoms with E-state index in [4.69, 9.17) is 29.3 Å². The van der Waals surface area contributed by atoms with Crippen LogP contribution in [0.4, 0.5) is 0 Å².